The normalized spacial score (nSPS) is 13.8. The van der Waals surface area contributed by atoms with Crippen molar-refractivity contribution >= 4 is 11.6 Å². The van der Waals surface area contributed by atoms with Crippen LogP contribution in [-0.2, 0) is 17.9 Å². The molecule has 0 unspecified atom stereocenters. The van der Waals surface area contributed by atoms with Crippen molar-refractivity contribution in [2.45, 2.75) is 45.7 Å². The summed E-state index contributed by atoms with van der Waals surface area (Å²) in [7, 11) is 0. The molecular formula is C14H20N2O. The van der Waals surface area contributed by atoms with Crippen molar-refractivity contribution in [3.8, 4) is 0 Å². The number of anilines is 1. The third kappa shape index (κ3) is 2.78. The number of nitrogen functional groups attached to an aromatic ring is 1. The van der Waals surface area contributed by atoms with Gasteiger partial charge in [0, 0.05) is 25.2 Å². The van der Waals surface area contributed by atoms with Crippen molar-refractivity contribution in [2.75, 3.05) is 5.73 Å². The average molecular weight is 232 g/mol. The molecule has 0 saturated heterocycles. The smallest absolute Gasteiger partial charge is 0.223 e. The van der Waals surface area contributed by atoms with Crippen molar-refractivity contribution in [3.63, 3.8) is 0 Å². The molecular weight excluding hydrogens is 212 g/mol. The molecule has 0 fully saturated rings. The molecule has 0 saturated carbocycles. The molecule has 0 aliphatic carbocycles. The van der Waals surface area contributed by atoms with Gasteiger partial charge in [-0.3, -0.25) is 4.79 Å². The van der Waals surface area contributed by atoms with Crippen LogP contribution in [0.2, 0.25) is 0 Å². The van der Waals surface area contributed by atoms with E-state index in [1.165, 1.54) is 11.1 Å². The van der Waals surface area contributed by atoms with Crippen LogP contribution >= 0.6 is 0 Å². The Morgan fingerprint density at radius 1 is 1.29 bits per heavy atom. The van der Waals surface area contributed by atoms with E-state index in [0.29, 0.717) is 6.42 Å². The Labute approximate surface area is 103 Å². The fraction of sp³-hybridized carbons (Fsp3) is 0.500. The van der Waals surface area contributed by atoms with Crippen molar-refractivity contribution in [2.24, 2.45) is 0 Å². The zero-order valence-electron chi connectivity index (χ0n) is 10.4. The molecule has 2 rings (SSSR count). The number of hydrogen-bond donors (Lipinski definition) is 1. The first-order valence-corrected chi connectivity index (χ1v) is 6.35. The maximum Gasteiger partial charge on any atom is 0.223 e. The Kier molecular flexibility index (Phi) is 3.67. The van der Waals surface area contributed by atoms with Gasteiger partial charge in [-0.25, -0.2) is 0 Å². The minimum absolute atomic E-state index is 0.272. The summed E-state index contributed by atoms with van der Waals surface area (Å²) in [6.07, 6.45) is 3.98. The van der Waals surface area contributed by atoms with Crippen LogP contribution in [0.4, 0.5) is 5.69 Å². The number of unbranched alkanes of at least 4 members (excludes halogenated alkanes) is 2. The lowest BCUT2D eigenvalue weighted by Crippen LogP contribution is -2.24. The number of rotatable bonds is 4. The minimum atomic E-state index is 0.272. The van der Waals surface area contributed by atoms with E-state index in [-0.39, 0.29) is 5.91 Å². The monoisotopic (exact) mass is 232 g/mol. The van der Waals surface area contributed by atoms with Crippen LogP contribution in [0.15, 0.2) is 18.2 Å². The number of carbonyl (C=O) groups is 1. The number of carbonyl (C=O) groups excluding carboxylic acids is 1. The van der Waals surface area contributed by atoms with Crippen LogP contribution in [-0.4, -0.2) is 10.8 Å². The van der Waals surface area contributed by atoms with Gasteiger partial charge in [0.25, 0.3) is 0 Å². The number of hydrogen-bond acceptors (Lipinski definition) is 2. The van der Waals surface area contributed by atoms with Gasteiger partial charge in [-0.2, -0.15) is 0 Å². The first kappa shape index (κ1) is 12.0. The molecule has 1 heterocycles. The summed E-state index contributed by atoms with van der Waals surface area (Å²) in [4.78, 5) is 13.9. The number of nitrogens with zero attached hydrogens (tertiary/aromatic N) is 1. The Bertz CT molecular complexity index is 415. The van der Waals surface area contributed by atoms with Gasteiger partial charge in [0.05, 0.1) is 0 Å². The molecule has 0 bridgehead atoms. The molecule has 0 aromatic heterocycles. The van der Waals surface area contributed by atoms with Gasteiger partial charge in [-0.1, -0.05) is 25.8 Å². The van der Waals surface area contributed by atoms with Gasteiger partial charge in [0.15, 0.2) is 0 Å². The lowest BCUT2D eigenvalue weighted by Gasteiger charge is -2.14. The molecule has 3 nitrogen and oxygen atoms in total. The van der Waals surface area contributed by atoms with Crippen LogP contribution in [0, 0.1) is 0 Å². The van der Waals surface area contributed by atoms with Gasteiger partial charge in [0.1, 0.15) is 0 Å². The third-order valence-corrected chi connectivity index (χ3v) is 3.30. The number of benzene rings is 1. The fourth-order valence-corrected chi connectivity index (χ4v) is 2.28. The van der Waals surface area contributed by atoms with Crippen molar-refractivity contribution < 1.29 is 4.79 Å². The van der Waals surface area contributed by atoms with Crippen LogP contribution in [0.25, 0.3) is 0 Å². The van der Waals surface area contributed by atoms with Crippen LogP contribution in [0.5, 0.6) is 0 Å². The molecule has 3 heteroatoms. The number of fused-ring (bicyclic) bond motifs is 1. The lowest BCUT2D eigenvalue weighted by molar-refractivity contribution is -0.131. The Hall–Kier alpha value is -1.51. The molecule has 0 radical (unpaired) electrons. The molecule has 92 valence electrons. The van der Waals surface area contributed by atoms with Crippen LogP contribution in [0.3, 0.4) is 0 Å². The van der Waals surface area contributed by atoms with E-state index in [1.807, 2.05) is 23.1 Å². The highest BCUT2D eigenvalue weighted by Gasteiger charge is 2.22. The first-order valence-electron chi connectivity index (χ1n) is 6.35. The van der Waals surface area contributed by atoms with Gasteiger partial charge >= 0.3 is 0 Å². The summed E-state index contributed by atoms with van der Waals surface area (Å²) >= 11 is 0. The Morgan fingerprint density at radius 3 is 2.82 bits per heavy atom. The second kappa shape index (κ2) is 5.21. The second-order valence-corrected chi connectivity index (χ2v) is 4.74. The van der Waals surface area contributed by atoms with Crippen LogP contribution < -0.4 is 5.73 Å². The minimum Gasteiger partial charge on any atom is -0.399 e. The molecule has 1 aromatic carbocycles. The molecule has 17 heavy (non-hydrogen) atoms. The maximum atomic E-state index is 12.0. The van der Waals surface area contributed by atoms with E-state index in [4.69, 9.17) is 5.73 Å². The fourth-order valence-electron chi connectivity index (χ4n) is 2.28. The molecule has 1 aliphatic rings. The van der Waals surface area contributed by atoms with E-state index < -0.39 is 0 Å². The zero-order chi connectivity index (χ0) is 12.3. The molecule has 1 amide bonds. The Morgan fingerprint density at radius 2 is 2.06 bits per heavy atom. The van der Waals surface area contributed by atoms with Crippen molar-refractivity contribution in [3.05, 3.63) is 29.3 Å². The van der Waals surface area contributed by atoms with Gasteiger partial charge in [-0.05, 0) is 29.7 Å². The molecule has 1 aromatic rings. The largest absolute Gasteiger partial charge is 0.399 e. The van der Waals surface area contributed by atoms with E-state index in [0.717, 1.165) is 38.0 Å². The van der Waals surface area contributed by atoms with E-state index in [9.17, 15) is 4.79 Å². The molecule has 2 N–H and O–H groups in total. The maximum absolute atomic E-state index is 12.0. The highest BCUT2D eigenvalue weighted by molar-refractivity contribution is 5.77. The van der Waals surface area contributed by atoms with Gasteiger partial charge in [-0.15, -0.1) is 0 Å². The highest BCUT2D eigenvalue weighted by atomic mass is 16.2. The quantitative estimate of drug-likeness (QED) is 0.641. The predicted molar refractivity (Wildman–Crippen MR) is 69.3 cm³/mol. The third-order valence-electron chi connectivity index (χ3n) is 3.30. The number of nitrogens with two attached hydrogens (primary N) is 1. The van der Waals surface area contributed by atoms with Gasteiger partial charge in [0.2, 0.25) is 5.91 Å². The van der Waals surface area contributed by atoms with E-state index >= 15 is 0 Å². The summed E-state index contributed by atoms with van der Waals surface area (Å²) in [5.41, 5.74) is 8.97. The summed E-state index contributed by atoms with van der Waals surface area (Å²) in [6.45, 7) is 3.63. The molecule has 0 spiro atoms. The number of amides is 1. The SMILES string of the molecule is CCCCCC(=O)N1Cc2ccc(N)cc2C1. The van der Waals surface area contributed by atoms with E-state index in [1.54, 1.807) is 0 Å². The second-order valence-electron chi connectivity index (χ2n) is 4.74. The Balaban J connectivity index is 1.93. The van der Waals surface area contributed by atoms with Crippen LogP contribution in [0.1, 0.15) is 43.7 Å². The predicted octanol–water partition coefficient (Wildman–Crippen LogP) is 2.69. The van der Waals surface area contributed by atoms with Crippen molar-refractivity contribution in [1.82, 2.24) is 4.90 Å². The van der Waals surface area contributed by atoms with E-state index in [2.05, 4.69) is 6.92 Å². The summed E-state index contributed by atoms with van der Waals surface area (Å²) < 4.78 is 0. The van der Waals surface area contributed by atoms with Crippen molar-refractivity contribution in [1.29, 1.82) is 0 Å². The first-order chi connectivity index (χ1) is 8.20. The molecule has 0 atom stereocenters. The standard InChI is InChI=1S/C14H20N2O/c1-2-3-4-5-14(17)16-9-11-6-7-13(15)8-12(11)10-16/h6-8H,2-5,9-10,15H2,1H3. The summed E-state index contributed by atoms with van der Waals surface area (Å²) in [6, 6.07) is 5.92. The van der Waals surface area contributed by atoms with Gasteiger partial charge < -0.3 is 10.6 Å². The average Bonchev–Trinajstić information content (AvgIpc) is 2.72. The lowest BCUT2D eigenvalue weighted by atomic mass is 10.1. The molecule has 1 aliphatic heterocycles. The summed E-state index contributed by atoms with van der Waals surface area (Å²) in [5, 5.41) is 0. The topological polar surface area (TPSA) is 46.3 Å². The summed E-state index contributed by atoms with van der Waals surface area (Å²) in [5.74, 6) is 0.272. The highest BCUT2D eigenvalue weighted by Crippen LogP contribution is 2.25. The zero-order valence-corrected chi connectivity index (χ0v) is 10.4.